The molecule has 1 atom stereocenters. The van der Waals surface area contributed by atoms with Gasteiger partial charge in [0.1, 0.15) is 5.57 Å². The van der Waals surface area contributed by atoms with E-state index in [2.05, 4.69) is 5.32 Å². The Labute approximate surface area is 189 Å². The number of benzene rings is 2. The molecule has 0 unspecified atom stereocenters. The largest absolute Gasteiger partial charge is 0.493 e. The Morgan fingerprint density at radius 1 is 1.13 bits per heavy atom. The minimum atomic E-state index is -0.911. The van der Waals surface area contributed by atoms with Crippen LogP contribution in [-0.4, -0.2) is 31.1 Å². The smallest absolute Gasteiger partial charge is 0.336 e. The summed E-state index contributed by atoms with van der Waals surface area (Å²) in [6.07, 6.45) is 2.18. The summed E-state index contributed by atoms with van der Waals surface area (Å²) in [4.78, 5) is 38.6. The van der Waals surface area contributed by atoms with Crippen LogP contribution < -0.4 is 19.7 Å². The molecular formula is C22H20Cl2N2O5. The molecule has 0 aliphatic carbocycles. The molecule has 1 fully saturated rings. The van der Waals surface area contributed by atoms with Gasteiger partial charge in [-0.3, -0.25) is 14.9 Å². The lowest BCUT2D eigenvalue weighted by Crippen LogP contribution is -2.54. The predicted molar refractivity (Wildman–Crippen MR) is 119 cm³/mol. The predicted octanol–water partition coefficient (Wildman–Crippen LogP) is 4.85. The summed E-state index contributed by atoms with van der Waals surface area (Å²) >= 11 is 12.2. The van der Waals surface area contributed by atoms with Gasteiger partial charge in [-0.2, -0.15) is 0 Å². The van der Waals surface area contributed by atoms with Gasteiger partial charge in [-0.15, -0.1) is 0 Å². The molecule has 0 radical (unpaired) electrons. The van der Waals surface area contributed by atoms with E-state index >= 15 is 0 Å². The quantitative estimate of drug-likeness (QED) is 0.489. The number of urea groups is 1. The zero-order valence-corrected chi connectivity index (χ0v) is 18.6. The highest BCUT2D eigenvalue weighted by Crippen LogP contribution is 2.35. The number of nitrogens with one attached hydrogen (secondary N) is 1. The fraction of sp³-hybridized carbons (Fsp3) is 0.227. The molecule has 0 aromatic heterocycles. The van der Waals surface area contributed by atoms with Crippen molar-refractivity contribution in [3.63, 3.8) is 0 Å². The van der Waals surface area contributed by atoms with Crippen molar-refractivity contribution in [3.8, 4) is 11.5 Å². The summed E-state index contributed by atoms with van der Waals surface area (Å²) in [6, 6.07) is 8.63. The fourth-order valence-electron chi connectivity index (χ4n) is 2.88. The topological polar surface area (TPSA) is 84.9 Å². The average Bonchev–Trinajstić information content (AvgIpc) is 2.74. The maximum atomic E-state index is 13.0. The van der Waals surface area contributed by atoms with E-state index in [1.807, 2.05) is 13.8 Å². The Morgan fingerprint density at radius 3 is 2.55 bits per heavy atom. The van der Waals surface area contributed by atoms with E-state index in [9.17, 15) is 14.4 Å². The number of imide groups is 2. The van der Waals surface area contributed by atoms with Gasteiger partial charge in [-0.25, -0.2) is 9.69 Å². The molecule has 0 spiro atoms. The van der Waals surface area contributed by atoms with Gasteiger partial charge in [0.25, 0.3) is 11.8 Å². The first-order chi connectivity index (χ1) is 14.8. The lowest BCUT2D eigenvalue weighted by molar-refractivity contribution is -0.122. The fourth-order valence-corrected chi connectivity index (χ4v) is 3.26. The summed E-state index contributed by atoms with van der Waals surface area (Å²) in [5, 5.41) is 2.34. The summed E-state index contributed by atoms with van der Waals surface area (Å²) in [7, 11) is 1.50. The number of methoxy groups -OCH3 is 1. The van der Waals surface area contributed by atoms with Crippen molar-refractivity contribution >= 4 is 52.8 Å². The molecule has 1 aliphatic rings. The standard InChI is InChI=1S/C22H20Cl2N2O5/c1-4-12(2)31-17-9-8-13(11-18(17)30-3)10-14-20(27)25-22(29)26(21(14)28)16-7-5-6-15(23)19(16)24/h5-12H,4H2,1-3H3,(H,25,27,29)/b14-10+/t12-/m1/s1. The lowest BCUT2D eigenvalue weighted by atomic mass is 10.1. The summed E-state index contributed by atoms with van der Waals surface area (Å²) in [5.74, 6) is -0.648. The number of anilines is 1. The molecule has 0 saturated carbocycles. The molecule has 9 heteroatoms. The molecule has 31 heavy (non-hydrogen) atoms. The van der Waals surface area contributed by atoms with Crippen LogP contribution in [0.2, 0.25) is 10.0 Å². The highest BCUT2D eigenvalue weighted by molar-refractivity contribution is 6.46. The third kappa shape index (κ3) is 4.68. The van der Waals surface area contributed by atoms with Crippen LogP contribution >= 0.6 is 23.2 Å². The van der Waals surface area contributed by atoms with Gasteiger partial charge in [-0.1, -0.05) is 42.3 Å². The lowest BCUT2D eigenvalue weighted by Gasteiger charge is -2.27. The number of rotatable bonds is 6. The second-order valence-corrected chi connectivity index (χ2v) is 7.56. The van der Waals surface area contributed by atoms with E-state index in [1.165, 1.54) is 25.3 Å². The van der Waals surface area contributed by atoms with Crippen LogP contribution in [0.4, 0.5) is 10.5 Å². The Bertz CT molecular complexity index is 1080. The third-order valence-electron chi connectivity index (χ3n) is 4.68. The van der Waals surface area contributed by atoms with Crippen molar-refractivity contribution in [2.24, 2.45) is 0 Å². The van der Waals surface area contributed by atoms with E-state index in [0.717, 1.165) is 11.3 Å². The van der Waals surface area contributed by atoms with Crippen LogP contribution in [0, 0.1) is 0 Å². The van der Waals surface area contributed by atoms with Crippen LogP contribution in [0.3, 0.4) is 0 Å². The molecule has 1 aliphatic heterocycles. The van der Waals surface area contributed by atoms with Gasteiger partial charge in [0, 0.05) is 0 Å². The normalized spacial score (nSPS) is 16.4. The molecule has 162 valence electrons. The number of amides is 4. The number of hydrogen-bond acceptors (Lipinski definition) is 5. The molecule has 1 N–H and O–H groups in total. The van der Waals surface area contributed by atoms with Gasteiger partial charge in [0.2, 0.25) is 0 Å². The van der Waals surface area contributed by atoms with Gasteiger partial charge in [0.15, 0.2) is 11.5 Å². The van der Waals surface area contributed by atoms with Crippen molar-refractivity contribution in [1.29, 1.82) is 0 Å². The van der Waals surface area contributed by atoms with Gasteiger partial charge >= 0.3 is 6.03 Å². The number of ether oxygens (including phenoxy) is 2. The van der Waals surface area contributed by atoms with Crippen molar-refractivity contribution in [3.05, 3.63) is 57.6 Å². The first kappa shape index (κ1) is 22.7. The molecule has 4 amide bonds. The molecule has 2 aromatic carbocycles. The van der Waals surface area contributed by atoms with Crippen LogP contribution in [0.15, 0.2) is 42.0 Å². The zero-order valence-electron chi connectivity index (χ0n) is 17.1. The van der Waals surface area contributed by atoms with E-state index in [1.54, 1.807) is 24.3 Å². The molecule has 3 rings (SSSR count). The molecule has 7 nitrogen and oxygen atoms in total. The van der Waals surface area contributed by atoms with Crippen molar-refractivity contribution in [1.82, 2.24) is 5.32 Å². The first-order valence-corrected chi connectivity index (χ1v) is 10.2. The Balaban J connectivity index is 1.99. The number of barbiturate groups is 1. The van der Waals surface area contributed by atoms with Crippen LogP contribution in [0.5, 0.6) is 11.5 Å². The van der Waals surface area contributed by atoms with Crippen molar-refractivity contribution < 1.29 is 23.9 Å². The number of halogens is 2. The maximum Gasteiger partial charge on any atom is 0.336 e. The van der Waals surface area contributed by atoms with Crippen molar-refractivity contribution in [2.75, 3.05) is 12.0 Å². The van der Waals surface area contributed by atoms with Crippen molar-refractivity contribution in [2.45, 2.75) is 26.4 Å². The number of hydrogen-bond donors (Lipinski definition) is 1. The van der Waals surface area contributed by atoms with Gasteiger partial charge in [0.05, 0.1) is 28.9 Å². The van der Waals surface area contributed by atoms with E-state index < -0.39 is 17.8 Å². The Hall–Kier alpha value is -3.03. The minimum absolute atomic E-state index is 0.00850. The number of carbonyl (C=O) groups is 3. The minimum Gasteiger partial charge on any atom is -0.493 e. The molecule has 0 bridgehead atoms. The monoisotopic (exact) mass is 462 g/mol. The van der Waals surface area contributed by atoms with Gasteiger partial charge < -0.3 is 9.47 Å². The highest BCUT2D eigenvalue weighted by Gasteiger charge is 2.38. The maximum absolute atomic E-state index is 13.0. The SMILES string of the molecule is CC[C@@H](C)Oc1ccc(/C=C2\C(=O)NC(=O)N(c3cccc(Cl)c3Cl)C2=O)cc1OC. The van der Waals surface area contributed by atoms with E-state index in [0.29, 0.717) is 17.1 Å². The second kappa shape index (κ2) is 9.41. The zero-order chi connectivity index (χ0) is 22.7. The Kier molecular flexibility index (Phi) is 6.87. The molecule has 2 aromatic rings. The van der Waals surface area contributed by atoms with E-state index in [4.69, 9.17) is 32.7 Å². The number of carbonyl (C=O) groups excluding carboxylic acids is 3. The van der Waals surface area contributed by atoms with Crippen LogP contribution in [-0.2, 0) is 9.59 Å². The molecular weight excluding hydrogens is 443 g/mol. The summed E-state index contributed by atoms with van der Waals surface area (Å²) < 4.78 is 11.2. The molecule has 1 saturated heterocycles. The highest BCUT2D eigenvalue weighted by atomic mass is 35.5. The third-order valence-corrected chi connectivity index (χ3v) is 5.48. The van der Waals surface area contributed by atoms with E-state index in [-0.39, 0.29) is 27.4 Å². The van der Waals surface area contributed by atoms with Crippen LogP contribution in [0.1, 0.15) is 25.8 Å². The molecule has 1 heterocycles. The number of nitrogens with zero attached hydrogens (tertiary/aromatic N) is 1. The summed E-state index contributed by atoms with van der Waals surface area (Å²) in [5.41, 5.74) is 0.344. The van der Waals surface area contributed by atoms with Crippen LogP contribution in [0.25, 0.3) is 6.08 Å². The average molecular weight is 463 g/mol. The summed E-state index contributed by atoms with van der Waals surface area (Å²) in [6.45, 7) is 3.94. The second-order valence-electron chi connectivity index (χ2n) is 6.78. The first-order valence-electron chi connectivity index (χ1n) is 9.47. The Morgan fingerprint density at radius 2 is 1.87 bits per heavy atom. The van der Waals surface area contributed by atoms with Gasteiger partial charge in [-0.05, 0) is 49.2 Å².